The fraction of sp³-hybridized carbons (Fsp3) is 0.308. The minimum atomic E-state index is -4.33. The summed E-state index contributed by atoms with van der Waals surface area (Å²) in [6.45, 7) is 3.96. The van der Waals surface area contributed by atoms with Crippen molar-refractivity contribution in [3.8, 4) is 11.3 Å². The molecule has 0 bridgehead atoms. The first kappa shape index (κ1) is 13.9. The molecule has 2 nitrogen and oxygen atoms in total. The van der Waals surface area contributed by atoms with Crippen molar-refractivity contribution in [2.75, 3.05) is 5.32 Å². The molecule has 0 aliphatic heterocycles. The van der Waals surface area contributed by atoms with Crippen LogP contribution in [0.5, 0.6) is 0 Å². The number of benzene rings is 1. The zero-order valence-electron chi connectivity index (χ0n) is 10.5. The second kappa shape index (κ2) is 5.21. The molecule has 0 saturated heterocycles. The van der Waals surface area contributed by atoms with Crippen LogP contribution >= 0.6 is 11.3 Å². The van der Waals surface area contributed by atoms with Gasteiger partial charge in [0.1, 0.15) is 0 Å². The second-order valence-corrected chi connectivity index (χ2v) is 5.27. The number of nitrogens with one attached hydrogen (secondary N) is 1. The molecule has 19 heavy (non-hydrogen) atoms. The molecule has 0 unspecified atom stereocenters. The zero-order chi connectivity index (χ0) is 14.0. The minimum absolute atomic E-state index is 0.237. The molecule has 1 aromatic carbocycles. The summed E-state index contributed by atoms with van der Waals surface area (Å²) >= 11 is 1.38. The van der Waals surface area contributed by atoms with Gasteiger partial charge in [-0.3, -0.25) is 0 Å². The van der Waals surface area contributed by atoms with Crippen molar-refractivity contribution in [3.63, 3.8) is 0 Å². The number of halogens is 3. The van der Waals surface area contributed by atoms with E-state index in [-0.39, 0.29) is 6.04 Å². The predicted molar refractivity (Wildman–Crippen MR) is 71.3 cm³/mol. The maximum absolute atomic E-state index is 12.6. The minimum Gasteiger partial charge on any atom is -0.359 e. The number of nitrogens with zero attached hydrogens (tertiary/aromatic N) is 1. The molecular weight excluding hydrogens is 273 g/mol. The zero-order valence-corrected chi connectivity index (χ0v) is 11.3. The Kier molecular flexibility index (Phi) is 3.80. The van der Waals surface area contributed by atoms with E-state index in [0.717, 1.165) is 12.1 Å². The smallest absolute Gasteiger partial charge is 0.359 e. The molecule has 1 N–H and O–H groups in total. The fourth-order valence-corrected chi connectivity index (χ4v) is 2.44. The molecule has 6 heteroatoms. The van der Waals surface area contributed by atoms with Crippen molar-refractivity contribution < 1.29 is 13.2 Å². The summed E-state index contributed by atoms with van der Waals surface area (Å²) in [6.07, 6.45) is -4.33. The third-order valence-electron chi connectivity index (χ3n) is 2.40. The monoisotopic (exact) mass is 286 g/mol. The molecular formula is C13H13F3N2S. The quantitative estimate of drug-likeness (QED) is 0.888. The van der Waals surface area contributed by atoms with Crippen LogP contribution in [0.15, 0.2) is 29.6 Å². The van der Waals surface area contributed by atoms with Gasteiger partial charge in [0.05, 0.1) is 11.3 Å². The van der Waals surface area contributed by atoms with Crippen LogP contribution in [0.2, 0.25) is 0 Å². The van der Waals surface area contributed by atoms with Crippen LogP contribution in [0.25, 0.3) is 11.3 Å². The number of hydrogen-bond acceptors (Lipinski definition) is 3. The molecule has 0 aliphatic carbocycles. The lowest BCUT2D eigenvalue weighted by Crippen LogP contribution is -2.09. The highest BCUT2D eigenvalue weighted by molar-refractivity contribution is 7.14. The van der Waals surface area contributed by atoms with Gasteiger partial charge in [0.25, 0.3) is 0 Å². The molecule has 0 spiro atoms. The first-order valence-electron chi connectivity index (χ1n) is 5.76. The van der Waals surface area contributed by atoms with E-state index in [1.54, 1.807) is 11.4 Å². The van der Waals surface area contributed by atoms with E-state index >= 15 is 0 Å². The van der Waals surface area contributed by atoms with Gasteiger partial charge in [-0.2, -0.15) is 13.2 Å². The number of thiazole rings is 1. The van der Waals surface area contributed by atoms with Crippen LogP contribution in [0.3, 0.4) is 0 Å². The molecule has 0 amide bonds. The van der Waals surface area contributed by atoms with Gasteiger partial charge < -0.3 is 5.32 Å². The average Bonchev–Trinajstić information content (AvgIpc) is 2.76. The maximum Gasteiger partial charge on any atom is 0.416 e. The van der Waals surface area contributed by atoms with Crippen molar-refractivity contribution in [1.82, 2.24) is 4.98 Å². The summed E-state index contributed by atoms with van der Waals surface area (Å²) in [4.78, 5) is 4.28. The fourth-order valence-electron chi connectivity index (χ4n) is 1.57. The molecule has 0 atom stereocenters. The van der Waals surface area contributed by atoms with Crippen molar-refractivity contribution in [2.24, 2.45) is 0 Å². The summed E-state index contributed by atoms with van der Waals surface area (Å²) in [6, 6.07) is 5.44. The average molecular weight is 286 g/mol. The van der Waals surface area contributed by atoms with E-state index in [1.807, 2.05) is 13.8 Å². The molecule has 2 aromatic rings. The van der Waals surface area contributed by atoms with Crippen LogP contribution in [-0.2, 0) is 6.18 Å². The lowest BCUT2D eigenvalue weighted by molar-refractivity contribution is -0.137. The van der Waals surface area contributed by atoms with Crippen LogP contribution in [0.1, 0.15) is 19.4 Å². The normalized spacial score (nSPS) is 11.9. The SMILES string of the molecule is CC(C)Nc1nc(-c2cccc(C(F)(F)F)c2)cs1. The van der Waals surface area contributed by atoms with Crippen LogP contribution < -0.4 is 5.32 Å². The predicted octanol–water partition coefficient (Wildman–Crippen LogP) is 4.65. The van der Waals surface area contributed by atoms with E-state index in [0.29, 0.717) is 16.4 Å². The van der Waals surface area contributed by atoms with E-state index in [4.69, 9.17) is 0 Å². The van der Waals surface area contributed by atoms with Crippen LogP contribution in [0.4, 0.5) is 18.3 Å². The second-order valence-electron chi connectivity index (χ2n) is 4.42. The third-order valence-corrected chi connectivity index (χ3v) is 3.18. The summed E-state index contributed by atoms with van der Waals surface area (Å²) < 4.78 is 37.9. The van der Waals surface area contributed by atoms with Gasteiger partial charge in [-0.1, -0.05) is 12.1 Å². The Bertz CT molecular complexity index is 561. The number of aromatic nitrogens is 1. The molecule has 0 radical (unpaired) electrons. The Morgan fingerprint density at radius 3 is 2.63 bits per heavy atom. The van der Waals surface area contributed by atoms with Crippen molar-refractivity contribution in [3.05, 3.63) is 35.2 Å². The number of rotatable bonds is 3. The lowest BCUT2D eigenvalue weighted by atomic mass is 10.1. The topological polar surface area (TPSA) is 24.9 Å². The number of anilines is 1. The molecule has 2 rings (SSSR count). The van der Waals surface area contributed by atoms with Gasteiger partial charge in [0.15, 0.2) is 5.13 Å². The molecule has 102 valence electrons. The lowest BCUT2D eigenvalue weighted by Gasteiger charge is -2.07. The Morgan fingerprint density at radius 2 is 2.00 bits per heavy atom. The van der Waals surface area contributed by atoms with Gasteiger partial charge in [0.2, 0.25) is 0 Å². The molecule has 1 aromatic heterocycles. The highest BCUT2D eigenvalue weighted by Gasteiger charge is 2.30. The molecule has 1 heterocycles. The standard InChI is InChI=1S/C13H13F3N2S/c1-8(2)17-12-18-11(7-19-12)9-4-3-5-10(6-9)13(14,15)16/h3-8H,1-2H3,(H,17,18). The largest absolute Gasteiger partial charge is 0.416 e. The van der Waals surface area contributed by atoms with E-state index in [2.05, 4.69) is 10.3 Å². The van der Waals surface area contributed by atoms with Gasteiger partial charge >= 0.3 is 6.18 Å². The van der Waals surface area contributed by atoms with Crippen molar-refractivity contribution >= 4 is 16.5 Å². The maximum atomic E-state index is 12.6. The highest BCUT2D eigenvalue weighted by atomic mass is 32.1. The summed E-state index contributed by atoms with van der Waals surface area (Å²) in [5.74, 6) is 0. The van der Waals surface area contributed by atoms with E-state index < -0.39 is 11.7 Å². The summed E-state index contributed by atoms with van der Waals surface area (Å²) in [5.41, 5.74) is 0.374. The first-order valence-corrected chi connectivity index (χ1v) is 6.64. The van der Waals surface area contributed by atoms with E-state index in [1.165, 1.54) is 17.4 Å². The van der Waals surface area contributed by atoms with E-state index in [9.17, 15) is 13.2 Å². The van der Waals surface area contributed by atoms with Crippen molar-refractivity contribution in [1.29, 1.82) is 0 Å². The van der Waals surface area contributed by atoms with Gasteiger partial charge in [-0.25, -0.2) is 4.98 Å². The molecule has 0 fully saturated rings. The number of alkyl halides is 3. The summed E-state index contributed by atoms with van der Waals surface area (Å²) in [5, 5.41) is 5.59. The van der Waals surface area contributed by atoms with Gasteiger partial charge in [-0.05, 0) is 26.0 Å². The Balaban J connectivity index is 2.29. The van der Waals surface area contributed by atoms with Crippen molar-refractivity contribution in [2.45, 2.75) is 26.1 Å². The van der Waals surface area contributed by atoms with Gasteiger partial charge in [-0.15, -0.1) is 11.3 Å². The summed E-state index contributed by atoms with van der Waals surface area (Å²) in [7, 11) is 0. The van der Waals surface area contributed by atoms with Gasteiger partial charge in [0, 0.05) is 17.0 Å². The molecule has 0 aliphatic rings. The van der Waals surface area contributed by atoms with Crippen LogP contribution in [-0.4, -0.2) is 11.0 Å². The Labute approximate surface area is 113 Å². The number of hydrogen-bond donors (Lipinski definition) is 1. The highest BCUT2D eigenvalue weighted by Crippen LogP contribution is 2.33. The third kappa shape index (κ3) is 3.47. The Hall–Kier alpha value is -1.56. The molecule has 0 saturated carbocycles. The van der Waals surface area contributed by atoms with Crippen LogP contribution in [0, 0.1) is 0 Å². The Morgan fingerprint density at radius 1 is 1.26 bits per heavy atom. The first-order chi connectivity index (χ1) is 8.86.